The maximum Gasteiger partial charge on any atom is 0.416 e. The first-order chi connectivity index (χ1) is 10.8. The molecule has 0 spiro atoms. The molecule has 1 aromatic carbocycles. The van der Waals surface area contributed by atoms with Gasteiger partial charge >= 0.3 is 6.18 Å². The molecular formula is C15H13ClF3N3O. The topological polar surface area (TPSA) is 45.2 Å². The van der Waals surface area contributed by atoms with Crippen LogP contribution in [0.25, 0.3) is 0 Å². The molecule has 0 aliphatic carbocycles. The van der Waals surface area contributed by atoms with Crippen LogP contribution in [0.2, 0.25) is 5.02 Å². The molecule has 0 radical (unpaired) electrons. The highest BCUT2D eigenvalue weighted by Crippen LogP contribution is 2.35. The minimum absolute atomic E-state index is 0.0314. The number of hydrogen-bond acceptors (Lipinski definition) is 3. The zero-order valence-electron chi connectivity index (χ0n) is 12.3. The summed E-state index contributed by atoms with van der Waals surface area (Å²) >= 11 is 5.92. The van der Waals surface area contributed by atoms with Crippen LogP contribution in [0.1, 0.15) is 16.1 Å². The Hall–Kier alpha value is -2.28. The number of aromatic nitrogens is 1. The average molecular weight is 344 g/mol. The van der Waals surface area contributed by atoms with Crippen LogP contribution in [-0.4, -0.2) is 25.0 Å². The van der Waals surface area contributed by atoms with E-state index in [-0.39, 0.29) is 16.4 Å². The molecule has 0 saturated heterocycles. The average Bonchev–Trinajstić information content (AvgIpc) is 2.52. The molecule has 2 rings (SSSR count). The van der Waals surface area contributed by atoms with Crippen molar-refractivity contribution in [1.29, 1.82) is 0 Å². The number of carbonyl (C=O) groups is 1. The predicted molar refractivity (Wildman–Crippen MR) is 83.0 cm³/mol. The number of carbonyl (C=O) groups excluding carboxylic acids is 1. The Balaban J connectivity index is 2.47. The molecule has 23 heavy (non-hydrogen) atoms. The van der Waals surface area contributed by atoms with E-state index in [1.807, 2.05) is 0 Å². The van der Waals surface area contributed by atoms with Gasteiger partial charge in [0.1, 0.15) is 5.69 Å². The van der Waals surface area contributed by atoms with E-state index in [0.717, 1.165) is 17.0 Å². The van der Waals surface area contributed by atoms with Crippen molar-refractivity contribution >= 4 is 28.9 Å². The summed E-state index contributed by atoms with van der Waals surface area (Å²) in [4.78, 5) is 17.4. The van der Waals surface area contributed by atoms with Gasteiger partial charge < -0.3 is 10.2 Å². The van der Waals surface area contributed by atoms with E-state index in [1.54, 1.807) is 13.1 Å². The molecule has 4 nitrogen and oxygen atoms in total. The Morgan fingerprint density at radius 1 is 1.30 bits per heavy atom. The number of pyridine rings is 1. The molecule has 0 aliphatic heterocycles. The second-order valence-corrected chi connectivity index (χ2v) is 5.08. The number of hydrogen-bond donors (Lipinski definition) is 1. The lowest BCUT2D eigenvalue weighted by Crippen LogP contribution is -2.28. The lowest BCUT2D eigenvalue weighted by Gasteiger charge is -2.22. The van der Waals surface area contributed by atoms with Crippen LogP contribution in [0.15, 0.2) is 36.5 Å². The second-order valence-electron chi connectivity index (χ2n) is 4.68. The van der Waals surface area contributed by atoms with E-state index in [4.69, 9.17) is 11.6 Å². The summed E-state index contributed by atoms with van der Waals surface area (Å²) in [6.45, 7) is 0. The summed E-state index contributed by atoms with van der Waals surface area (Å²) < 4.78 is 38.7. The van der Waals surface area contributed by atoms with Crippen molar-refractivity contribution in [3.63, 3.8) is 0 Å². The van der Waals surface area contributed by atoms with Gasteiger partial charge in [0, 0.05) is 20.3 Å². The maximum atomic E-state index is 12.9. The van der Waals surface area contributed by atoms with Crippen LogP contribution in [0.3, 0.4) is 0 Å². The summed E-state index contributed by atoms with van der Waals surface area (Å²) in [5.74, 6) is -0.605. The molecule has 0 aliphatic rings. The van der Waals surface area contributed by atoms with Crippen molar-refractivity contribution in [3.05, 3.63) is 52.8 Å². The van der Waals surface area contributed by atoms with E-state index in [0.29, 0.717) is 5.69 Å². The first-order valence-corrected chi connectivity index (χ1v) is 6.91. The van der Waals surface area contributed by atoms with Crippen molar-refractivity contribution in [2.45, 2.75) is 6.18 Å². The molecular weight excluding hydrogens is 331 g/mol. The zero-order chi connectivity index (χ0) is 17.2. The third kappa shape index (κ3) is 3.56. The highest BCUT2D eigenvalue weighted by Gasteiger charge is 2.32. The number of nitrogens with zero attached hydrogens (tertiary/aromatic N) is 2. The Bertz CT molecular complexity index is 734. The van der Waals surface area contributed by atoms with Gasteiger partial charge in [0.15, 0.2) is 0 Å². The fourth-order valence-electron chi connectivity index (χ4n) is 2.01. The van der Waals surface area contributed by atoms with Crippen molar-refractivity contribution in [2.75, 3.05) is 24.3 Å². The summed E-state index contributed by atoms with van der Waals surface area (Å²) in [7, 11) is 2.92. The molecule has 8 heteroatoms. The summed E-state index contributed by atoms with van der Waals surface area (Å²) in [6.07, 6.45) is -3.12. The molecule has 1 aromatic heterocycles. The van der Waals surface area contributed by atoms with Gasteiger partial charge in [-0.1, -0.05) is 11.6 Å². The maximum absolute atomic E-state index is 12.9. The van der Waals surface area contributed by atoms with Crippen LogP contribution in [0, 0.1) is 0 Å². The van der Waals surface area contributed by atoms with Crippen LogP contribution in [0.4, 0.5) is 24.5 Å². The van der Waals surface area contributed by atoms with Crippen molar-refractivity contribution in [3.8, 4) is 0 Å². The first kappa shape index (κ1) is 17.1. The second kappa shape index (κ2) is 6.45. The standard InChI is InChI=1S/C15H13ClF3N3O/c1-20-11-6-5-9(15(17,18)19)8-12(11)22(2)14(23)13-10(16)4-3-7-21-13/h3-8,20H,1-2H3. The van der Waals surface area contributed by atoms with E-state index >= 15 is 0 Å². The Kier molecular flexibility index (Phi) is 4.79. The van der Waals surface area contributed by atoms with E-state index in [2.05, 4.69) is 10.3 Å². The minimum Gasteiger partial charge on any atom is -0.386 e. The number of nitrogens with one attached hydrogen (secondary N) is 1. The number of amides is 1. The zero-order valence-corrected chi connectivity index (χ0v) is 13.0. The largest absolute Gasteiger partial charge is 0.416 e. The molecule has 0 unspecified atom stereocenters. The van der Waals surface area contributed by atoms with E-state index < -0.39 is 17.6 Å². The molecule has 122 valence electrons. The Labute approximate surface area is 135 Å². The van der Waals surface area contributed by atoms with Crippen LogP contribution in [0.5, 0.6) is 0 Å². The molecule has 0 fully saturated rings. The Morgan fingerprint density at radius 2 is 2.00 bits per heavy atom. The normalized spacial score (nSPS) is 11.2. The summed E-state index contributed by atoms with van der Waals surface area (Å²) in [5.41, 5.74) is -0.427. The third-order valence-electron chi connectivity index (χ3n) is 3.22. The first-order valence-electron chi connectivity index (χ1n) is 6.53. The number of alkyl halides is 3. The summed E-state index contributed by atoms with van der Waals surface area (Å²) in [5, 5.41) is 2.89. The monoisotopic (exact) mass is 343 g/mol. The minimum atomic E-state index is -4.51. The lowest BCUT2D eigenvalue weighted by molar-refractivity contribution is -0.137. The summed E-state index contributed by atoms with van der Waals surface area (Å²) in [6, 6.07) is 6.16. The van der Waals surface area contributed by atoms with Gasteiger partial charge in [0.25, 0.3) is 5.91 Å². The van der Waals surface area contributed by atoms with Crippen molar-refractivity contribution in [1.82, 2.24) is 4.98 Å². The van der Waals surface area contributed by atoms with Gasteiger partial charge in [-0.2, -0.15) is 13.2 Å². The molecule has 0 atom stereocenters. The number of anilines is 2. The number of halogens is 4. The molecule has 1 N–H and O–H groups in total. The fourth-order valence-corrected chi connectivity index (χ4v) is 2.21. The third-order valence-corrected chi connectivity index (χ3v) is 3.53. The fraction of sp³-hybridized carbons (Fsp3) is 0.200. The van der Waals surface area contributed by atoms with Crippen LogP contribution >= 0.6 is 11.6 Å². The van der Waals surface area contributed by atoms with Gasteiger partial charge in [0.05, 0.1) is 22.0 Å². The Morgan fingerprint density at radius 3 is 2.57 bits per heavy atom. The molecule has 1 heterocycles. The van der Waals surface area contributed by atoms with Gasteiger partial charge in [-0.25, -0.2) is 4.98 Å². The van der Waals surface area contributed by atoms with Crippen molar-refractivity contribution < 1.29 is 18.0 Å². The van der Waals surface area contributed by atoms with Crippen LogP contribution in [-0.2, 0) is 6.18 Å². The highest BCUT2D eigenvalue weighted by molar-refractivity contribution is 6.34. The molecule has 0 bridgehead atoms. The SMILES string of the molecule is CNc1ccc(C(F)(F)F)cc1N(C)C(=O)c1ncccc1Cl. The molecule has 0 saturated carbocycles. The predicted octanol–water partition coefficient (Wildman–Crippen LogP) is 4.07. The molecule has 1 amide bonds. The van der Waals surface area contributed by atoms with Gasteiger partial charge in [0.2, 0.25) is 0 Å². The van der Waals surface area contributed by atoms with E-state index in [1.165, 1.54) is 25.4 Å². The number of benzene rings is 1. The van der Waals surface area contributed by atoms with Gasteiger partial charge in [-0.05, 0) is 30.3 Å². The quantitative estimate of drug-likeness (QED) is 0.913. The van der Waals surface area contributed by atoms with E-state index in [9.17, 15) is 18.0 Å². The lowest BCUT2D eigenvalue weighted by atomic mass is 10.1. The van der Waals surface area contributed by atoms with Gasteiger partial charge in [-0.15, -0.1) is 0 Å². The van der Waals surface area contributed by atoms with Crippen molar-refractivity contribution in [2.24, 2.45) is 0 Å². The van der Waals surface area contributed by atoms with Gasteiger partial charge in [-0.3, -0.25) is 4.79 Å². The smallest absolute Gasteiger partial charge is 0.386 e. The highest BCUT2D eigenvalue weighted by atomic mass is 35.5. The number of rotatable bonds is 3. The van der Waals surface area contributed by atoms with Crippen LogP contribution < -0.4 is 10.2 Å². The molecule has 2 aromatic rings.